The van der Waals surface area contributed by atoms with Crippen molar-refractivity contribution < 1.29 is 17.6 Å². The first-order chi connectivity index (χ1) is 12.5. The number of amides is 1. The van der Waals surface area contributed by atoms with Crippen LogP contribution in [-0.2, 0) is 21.2 Å². The number of anilines is 2. The number of aryl methyl sites for hydroxylation is 1. The molecule has 0 fully saturated rings. The molecule has 1 amide bonds. The van der Waals surface area contributed by atoms with Crippen LogP contribution in [0.3, 0.4) is 0 Å². The number of nitrogens with one attached hydrogen (secondary N) is 1. The largest absolute Gasteiger partial charge is 0.311 e. The number of fused-ring (bicyclic) bond motifs is 1. The Morgan fingerprint density at radius 2 is 1.85 bits per heavy atom. The molecule has 0 saturated heterocycles. The summed E-state index contributed by atoms with van der Waals surface area (Å²) in [6, 6.07) is 8.74. The molecule has 2 aromatic rings. The monoisotopic (exact) mass is 390 g/mol. The van der Waals surface area contributed by atoms with Crippen LogP contribution in [0.15, 0.2) is 41.3 Å². The molecule has 1 heterocycles. The van der Waals surface area contributed by atoms with E-state index in [9.17, 15) is 17.6 Å². The highest BCUT2D eigenvalue weighted by molar-refractivity contribution is 7.92. The first-order valence-electron chi connectivity index (χ1n) is 8.73. The summed E-state index contributed by atoms with van der Waals surface area (Å²) in [5.41, 5.74) is 1.90. The van der Waals surface area contributed by atoms with Crippen molar-refractivity contribution in [3.8, 4) is 0 Å². The van der Waals surface area contributed by atoms with Crippen molar-refractivity contribution in [3.63, 3.8) is 0 Å². The molecule has 144 valence electrons. The molecule has 27 heavy (non-hydrogen) atoms. The zero-order valence-corrected chi connectivity index (χ0v) is 16.7. The Hall–Kier alpha value is -2.41. The van der Waals surface area contributed by atoms with Gasteiger partial charge >= 0.3 is 0 Å². The fraction of sp³-hybridized carbons (Fsp3) is 0.350. The molecule has 7 heteroatoms. The second-order valence-electron chi connectivity index (χ2n) is 7.82. The Balaban J connectivity index is 1.93. The SMILES string of the molecule is Cc1cc(F)ccc1S(=O)(=O)Nc1ccc2c(c1)N(C(=O)C(C)(C)C)CC2. The maximum atomic E-state index is 13.3. The highest BCUT2D eigenvalue weighted by Gasteiger charge is 2.32. The normalized spacial score (nSPS) is 14.2. The second-order valence-corrected chi connectivity index (χ2v) is 9.47. The van der Waals surface area contributed by atoms with E-state index in [0.29, 0.717) is 17.8 Å². The highest BCUT2D eigenvalue weighted by Crippen LogP contribution is 2.34. The fourth-order valence-electron chi connectivity index (χ4n) is 3.18. The number of carbonyl (C=O) groups excluding carboxylic acids is 1. The molecule has 1 N–H and O–H groups in total. The van der Waals surface area contributed by atoms with Gasteiger partial charge in [-0.2, -0.15) is 0 Å². The van der Waals surface area contributed by atoms with E-state index < -0.39 is 21.3 Å². The standard InChI is InChI=1S/C20H23FN2O3S/c1-13-11-15(21)6-8-18(13)27(25,26)22-16-7-5-14-9-10-23(17(14)12-16)19(24)20(2,3)4/h5-8,11-12,22H,9-10H2,1-4H3. The lowest BCUT2D eigenvalue weighted by Crippen LogP contribution is -2.38. The Morgan fingerprint density at radius 3 is 2.48 bits per heavy atom. The molecule has 3 rings (SSSR count). The van der Waals surface area contributed by atoms with Crippen molar-refractivity contribution in [2.24, 2.45) is 5.41 Å². The van der Waals surface area contributed by atoms with E-state index in [1.807, 2.05) is 26.8 Å². The minimum absolute atomic E-state index is 0.00404. The number of nitrogens with zero attached hydrogens (tertiary/aromatic N) is 1. The van der Waals surface area contributed by atoms with Crippen LogP contribution >= 0.6 is 0 Å². The molecular formula is C20H23FN2O3S. The van der Waals surface area contributed by atoms with E-state index in [1.54, 1.807) is 24.0 Å². The van der Waals surface area contributed by atoms with Crippen LogP contribution in [-0.4, -0.2) is 20.9 Å². The van der Waals surface area contributed by atoms with Crippen LogP contribution in [0.4, 0.5) is 15.8 Å². The lowest BCUT2D eigenvalue weighted by molar-refractivity contribution is -0.125. The predicted octanol–water partition coefficient (Wildman–Crippen LogP) is 3.87. The van der Waals surface area contributed by atoms with Gasteiger partial charge in [-0.05, 0) is 54.8 Å². The summed E-state index contributed by atoms with van der Waals surface area (Å²) in [5, 5.41) is 0. The molecular weight excluding hydrogens is 367 g/mol. The van der Waals surface area contributed by atoms with Crippen molar-refractivity contribution in [1.82, 2.24) is 0 Å². The second kappa shape index (κ2) is 6.64. The Kier molecular flexibility index (Phi) is 4.76. The maximum Gasteiger partial charge on any atom is 0.262 e. The smallest absolute Gasteiger partial charge is 0.262 e. The summed E-state index contributed by atoms with van der Waals surface area (Å²) >= 11 is 0. The van der Waals surface area contributed by atoms with Crippen LogP contribution in [0.2, 0.25) is 0 Å². The molecule has 1 aliphatic rings. The zero-order valence-electron chi connectivity index (χ0n) is 15.8. The number of sulfonamides is 1. The number of halogens is 1. The van der Waals surface area contributed by atoms with Crippen molar-refractivity contribution in [2.75, 3.05) is 16.2 Å². The molecule has 0 bridgehead atoms. The number of hydrogen-bond acceptors (Lipinski definition) is 3. The molecule has 0 aromatic heterocycles. The fourth-order valence-corrected chi connectivity index (χ4v) is 4.46. The van der Waals surface area contributed by atoms with Gasteiger partial charge in [0.2, 0.25) is 5.91 Å². The van der Waals surface area contributed by atoms with E-state index in [2.05, 4.69) is 4.72 Å². The van der Waals surface area contributed by atoms with Crippen LogP contribution < -0.4 is 9.62 Å². The summed E-state index contributed by atoms with van der Waals surface area (Å²) in [6.07, 6.45) is 0.737. The topological polar surface area (TPSA) is 66.5 Å². The van der Waals surface area contributed by atoms with Crippen molar-refractivity contribution in [2.45, 2.75) is 39.0 Å². The quantitative estimate of drug-likeness (QED) is 0.865. The van der Waals surface area contributed by atoms with E-state index >= 15 is 0 Å². The molecule has 0 aliphatic carbocycles. The summed E-state index contributed by atoms with van der Waals surface area (Å²) < 4.78 is 41.2. The average Bonchev–Trinajstić information content (AvgIpc) is 2.95. The van der Waals surface area contributed by atoms with E-state index in [1.165, 1.54) is 12.1 Å². The van der Waals surface area contributed by atoms with Crippen molar-refractivity contribution >= 4 is 27.3 Å². The summed E-state index contributed by atoms with van der Waals surface area (Å²) in [6.45, 7) is 7.70. The Bertz CT molecular complexity index is 1010. The Morgan fingerprint density at radius 1 is 1.15 bits per heavy atom. The van der Waals surface area contributed by atoms with E-state index in [0.717, 1.165) is 23.7 Å². The third-order valence-corrected chi connectivity index (χ3v) is 6.09. The number of carbonyl (C=O) groups is 1. The first kappa shape index (κ1) is 19.4. The summed E-state index contributed by atoms with van der Waals surface area (Å²) in [7, 11) is -3.86. The van der Waals surface area contributed by atoms with Gasteiger partial charge in [0.1, 0.15) is 5.82 Å². The lowest BCUT2D eigenvalue weighted by Gasteiger charge is -2.26. The third kappa shape index (κ3) is 3.83. The summed E-state index contributed by atoms with van der Waals surface area (Å²) in [5.74, 6) is -0.490. The van der Waals surface area contributed by atoms with Crippen LogP contribution in [0.1, 0.15) is 31.9 Å². The maximum absolute atomic E-state index is 13.3. The minimum atomic E-state index is -3.86. The lowest BCUT2D eigenvalue weighted by atomic mass is 9.94. The van der Waals surface area contributed by atoms with E-state index in [4.69, 9.17) is 0 Å². The molecule has 0 radical (unpaired) electrons. The number of benzene rings is 2. The van der Waals surface area contributed by atoms with Crippen LogP contribution in [0, 0.1) is 18.2 Å². The van der Waals surface area contributed by atoms with Gasteiger partial charge in [0.15, 0.2) is 0 Å². The third-order valence-electron chi connectivity index (χ3n) is 4.55. The van der Waals surface area contributed by atoms with Gasteiger partial charge in [0.25, 0.3) is 10.0 Å². The molecule has 0 atom stereocenters. The van der Waals surface area contributed by atoms with Gasteiger partial charge in [-0.3, -0.25) is 9.52 Å². The minimum Gasteiger partial charge on any atom is -0.311 e. The molecule has 0 unspecified atom stereocenters. The predicted molar refractivity (Wildman–Crippen MR) is 104 cm³/mol. The van der Waals surface area contributed by atoms with Gasteiger partial charge < -0.3 is 4.90 Å². The van der Waals surface area contributed by atoms with Gasteiger partial charge in [-0.25, -0.2) is 12.8 Å². The highest BCUT2D eigenvalue weighted by atomic mass is 32.2. The van der Waals surface area contributed by atoms with Crippen LogP contribution in [0.25, 0.3) is 0 Å². The number of hydrogen-bond donors (Lipinski definition) is 1. The van der Waals surface area contributed by atoms with Gasteiger partial charge in [0.05, 0.1) is 10.6 Å². The van der Waals surface area contributed by atoms with Crippen molar-refractivity contribution in [3.05, 3.63) is 53.3 Å². The van der Waals surface area contributed by atoms with Gasteiger partial charge in [0, 0.05) is 17.6 Å². The first-order valence-corrected chi connectivity index (χ1v) is 10.2. The molecule has 0 spiro atoms. The van der Waals surface area contributed by atoms with Crippen molar-refractivity contribution in [1.29, 1.82) is 0 Å². The molecule has 0 saturated carbocycles. The zero-order chi connectivity index (χ0) is 20.0. The molecule has 1 aliphatic heterocycles. The summed E-state index contributed by atoms with van der Waals surface area (Å²) in [4.78, 5) is 14.4. The number of rotatable bonds is 3. The Labute approximate surface area is 159 Å². The van der Waals surface area contributed by atoms with Gasteiger partial charge in [-0.1, -0.05) is 26.8 Å². The van der Waals surface area contributed by atoms with Crippen LogP contribution in [0.5, 0.6) is 0 Å². The molecule has 5 nitrogen and oxygen atoms in total. The average molecular weight is 390 g/mol. The van der Waals surface area contributed by atoms with Gasteiger partial charge in [-0.15, -0.1) is 0 Å². The van der Waals surface area contributed by atoms with E-state index in [-0.39, 0.29) is 10.8 Å². The molecule has 2 aromatic carbocycles.